The number of esters is 1. The van der Waals surface area contributed by atoms with Gasteiger partial charge in [-0.25, -0.2) is 0 Å². The number of benzene rings is 3. The summed E-state index contributed by atoms with van der Waals surface area (Å²) in [6.45, 7) is 0.676. The number of phenolic OH excluding ortho intramolecular Hbond substituents is 2. The molecule has 2 N–H and O–H groups in total. The van der Waals surface area contributed by atoms with E-state index >= 15 is 0 Å². The first-order valence-corrected chi connectivity index (χ1v) is 11.5. The molecule has 9 heteroatoms. The van der Waals surface area contributed by atoms with Crippen LogP contribution in [0.25, 0.3) is 22.3 Å². The van der Waals surface area contributed by atoms with E-state index in [4.69, 9.17) is 23.4 Å². The van der Waals surface area contributed by atoms with Crippen LogP contribution in [0.3, 0.4) is 0 Å². The van der Waals surface area contributed by atoms with E-state index in [9.17, 15) is 19.8 Å². The first-order valence-electron chi connectivity index (χ1n) is 11.5. The van der Waals surface area contributed by atoms with Crippen LogP contribution in [0, 0.1) is 0 Å². The Labute approximate surface area is 211 Å². The third kappa shape index (κ3) is 4.40. The minimum absolute atomic E-state index is 0.0494. The Balaban J connectivity index is 1.80. The highest BCUT2D eigenvalue weighted by Gasteiger charge is 2.30. The Morgan fingerprint density at radius 1 is 1.00 bits per heavy atom. The van der Waals surface area contributed by atoms with Gasteiger partial charge in [-0.05, 0) is 17.7 Å². The SMILES string of the molecule is COC(=O)C[C@H](c1cc(OC)c2c(c1)OCCO2)c1c(O)cc(O)c2c(=O)cc(-c3ccccc3)oc12. The summed E-state index contributed by atoms with van der Waals surface area (Å²) >= 11 is 0. The maximum Gasteiger partial charge on any atom is 0.306 e. The summed E-state index contributed by atoms with van der Waals surface area (Å²) in [6.07, 6.45) is -0.216. The summed E-state index contributed by atoms with van der Waals surface area (Å²) in [5.74, 6) is -0.800. The normalized spacial score (nSPS) is 13.2. The molecule has 190 valence electrons. The highest BCUT2D eigenvalue weighted by atomic mass is 16.6. The fourth-order valence-corrected chi connectivity index (χ4v) is 4.53. The van der Waals surface area contributed by atoms with E-state index in [1.165, 1.54) is 20.3 Å². The molecule has 0 amide bonds. The zero-order valence-electron chi connectivity index (χ0n) is 20.1. The molecule has 0 bridgehead atoms. The summed E-state index contributed by atoms with van der Waals surface area (Å²) in [6, 6.07) is 14.6. The molecule has 3 aromatic carbocycles. The van der Waals surface area contributed by atoms with Crippen molar-refractivity contribution in [2.75, 3.05) is 27.4 Å². The van der Waals surface area contributed by atoms with E-state index < -0.39 is 23.1 Å². The lowest BCUT2D eigenvalue weighted by atomic mass is 9.86. The molecule has 0 fully saturated rings. The lowest BCUT2D eigenvalue weighted by Crippen LogP contribution is -2.17. The number of carbonyl (C=O) groups is 1. The van der Waals surface area contributed by atoms with E-state index in [0.717, 1.165) is 6.07 Å². The van der Waals surface area contributed by atoms with Crippen molar-refractivity contribution in [3.05, 3.63) is 75.9 Å². The van der Waals surface area contributed by atoms with Gasteiger partial charge < -0.3 is 33.6 Å². The first kappa shape index (κ1) is 24.1. The second kappa shape index (κ2) is 9.77. The topological polar surface area (TPSA) is 125 Å². The molecule has 0 saturated heterocycles. The Kier molecular flexibility index (Phi) is 6.35. The summed E-state index contributed by atoms with van der Waals surface area (Å²) in [4.78, 5) is 25.7. The van der Waals surface area contributed by atoms with Gasteiger partial charge in [0.25, 0.3) is 0 Å². The zero-order valence-corrected chi connectivity index (χ0v) is 20.1. The number of rotatable bonds is 6. The van der Waals surface area contributed by atoms with E-state index in [2.05, 4.69) is 0 Å². The Hall–Kier alpha value is -4.66. The molecule has 4 aromatic rings. The highest BCUT2D eigenvalue weighted by molar-refractivity contribution is 5.90. The monoisotopic (exact) mass is 504 g/mol. The third-order valence-electron chi connectivity index (χ3n) is 6.26. The Morgan fingerprint density at radius 3 is 2.49 bits per heavy atom. The highest BCUT2D eigenvalue weighted by Crippen LogP contribution is 2.47. The number of ether oxygens (including phenoxy) is 4. The maximum atomic E-state index is 13.1. The molecule has 0 aliphatic carbocycles. The summed E-state index contributed by atoms with van der Waals surface area (Å²) < 4.78 is 28.0. The summed E-state index contributed by atoms with van der Waals surface area (Å²) in [7, 11) is 2.73. The molecule has 9 nitrogen and oxygen atoms in total. The molecule has 1 aliphatic rings. The van der Waals surface area contributed by atoms with Gasteiger partial charge in [-0.1, -0.05) is 30.3 Å². The van der Waals surface area contributed by atoms with Crippen LogP contribution in [0.1, 0.15) is 23.5 Å². The van der Waals surface area contributed by atoms with E-state index in [-0.39, 0.29) is 34.5 Å². The summed E-state index contributed by atoms with van der Waals surface area (Å²) in [5, 5.41) is 21.5. The van der Waals surface area contributed by atoms with Gasteiger partial charge in [0.2, 0.25) is 5.75 Å². The molecule has 1 aromatic heterocycles. The van der Waals surface area contributed by atoms with Crippen molar-refractivity contribution in [3.63, 3.8) is 0 Å². The van der Waals surface area contributed by atoms with Gasteiger partial charge in [-0.2, -0.15) is 0 Å². The van der Waals surface area contributed by atoms with Crippen LogP contribution in [0.2, 0.25) is 0 Å². The van der Waals surface area contributed by atoms with Gasteiger partial charge in [-0.3, -0.25) is 9.59 Å². The van der Waals surface area contributed by atoms with Crippen molar-refractivity contribution in [3.8, 4) is 40.1 Å². The van der Waals surface area contributed by atoms with Crippen molar-refractivity contribution in [2.45, 2.75) is 12.3 Å². The minimum atomic E-state index is -0.866. The van der Waals surface area contributed by atoms with Gasteiger partial charge >= 0.3 is 5.97 Å². The van der Waals surface area contributed by atoms with Crippen LogP contribution >= 0.6 is 0 Å². The fourth-order valence-electron chi connectivity index (χ4n) is 4.53. The van der Waals surface area contributed by atoms with E-state index in [1.807, 2.05) is 6.07 Å². The van der Waals surface area contributed by atoms with Crippen LogP contribution < -0.4 is 19.6 Å². The van der Waals surface area contributed by atoms with Crippen LogP contribution in [-0.2, 0) is 9.53 Å². The smallest absolute Gasteiger partial charge is 0.306 e. The molecule has 2 heterocycles. The third-order valence-corrected chi connectivity index (χ3v) is 6.26. The molecule has 0 spiro atoms. The summed E-state index contributed by atoms with van der Waals surface area (Å²) in [5.41, 5.74) is 0.719. The zero-order chi connectivity index (χ0) is 26.1. The Bertz CT molecular complexity index is 1520. The maximum absolute atomic E-state index is 13.1. The number of phenols is 2. The van der Waals surface area contributed by atoms with Crippen LogP contribution in [0.15, 0.2) is 63.8 Å². The lowest BCUT2D eigenvalue weighted by Gasteiger charge is -2.25. The predicted molar refractivity (Wildman–Crippen MR) is 134 cm³/mol. The molecule has 37 heavy (non-hydrogen) atoms. The van der Waals surface area contributed by atoms with Gasteiger partial charge in [-0.15, -0.1) is 0 Å². The Morgan fingerprint density at radius 2 is 1.76 bits per heavy atom. The quantitative estimate of drug-likeness (QED) is 0.369. The molecule has 5 rings (SSSR count). The van der Waals surface area contributed by atoms with Gasteiger partial charge in [0.05, 0.1) is 20.6 Å². The van der Waals surface area contributed by atoms with Crippen molar-refractivity contribution in [1.82, 2.24) is 0 Å². The lowest BCUT2D eigenvalue weighted by molar-refractivity contribution is -0.140. The second-order valence-corrected chi connectivity index (χ2v) is 8.45. The molecule has 0 unspecified atom stereocenters. The average molecular weight is 504 g/mol. The standard InChI is InChI=1S/C28H24O9/c1-33-22-10-16(11-23-27(22)36-9-8-35-23)17(12-24(32)34-2)25-18(29)13-19(30)26-20(31)14-21(37-28(25)26)15-6-4-3-5-7-15/h3-7,10-11,13-14,17,29-30H,8-9,12H2,1-2H3/t17-/m1/s1. The molecule has 0 radical (unpaired) electrons. The first-order chi connectivity index (χ1) is 17.9. The number of carbonyl (C=O) groups excluding carboxylic acids is 1. The number of fused-ring (bicyclic) bond motifs is 2. The van der Waals surface area contributed by atoms with Gasteiger partial charge in [0.1, 0.15) is 41.4 Å². The van der Waals surface area contributed by atoms with Crippen LogP contribution in [0.4, 0.5) is 0 Å². The van der Waals surface area contributed by atoms with Gasteiger partial charge in [0.15, 0.2) is 16.9 Å². The van der Waals surface area contributed by atoms with Crippen molar-refractivity contribution in [2.24, 2.45) is 0 Å². The van der Waals surface area contributed by atoms with Crippen molar-refractivity contribution in [1.29, 1.82) is 0 Å². The second-order valence-electron chi connectivity index (χ2n) is 8.45. The molecular formula is C28H24O9. The minimum Gasteiger partial charge on any atom is -0.507 e. The number of hydrogen-bond acceptors (Lipinski definition) is 9. The largest absolute Gasteiger partial charge is 0.507 e. The molecular weight excluding hydrogens is 480 g/mol. The van der Waals surface area contributed by atoms with E-state index in [1.54, 1.807) is 36.4 Å². The van der Waals surface area contributed by atoms with Crippen LogP contribution in [0.5, 0.6) is 28.7 Å². The average Bonchev–Trinajstić information content (AvgIpc) is 2.91. The van der Waals surface area contributed by atoms with Crippen molar-refractivity contribution < 1.29 is 38.4 Å². The van der Waals surface area contributed by atoms with E-state index in [0.29, 0.717) is 41.6 Å². The molecule has 0 saturated carbocycles. The van der Waals surface area contributed by atoms with Crippen LogP contribution in [-0.4, -0.2) is 43.6 Å². The number of methoxy groups -OCH3 is 2. The number of aromatic hydroxyl groups is 2. The van der Waals surface area contributed by atoms with Gasteiger partial charge in [0, 0.05) is 29.2 Å². The molecule has 1 atom stereocenters. The molecule has 1 aliphatic heterocycles. The predicted octanol–water partition coefficient (Wildman–Crippen LogP) is 4.35. The van der Waals surface area contributed by atoms with Crippen molar-refractivity contribution >= 4 is 16.9 Å². The number of hydrogen-bond donors (Lipinski definition) is 2. The fraction of sp³-hybridized carbons (Fsp3) is 0.214.